The molecule has 2 atom stereocenters. The second-order valence-corrected chi connectivity index (χ2v) is 5.70. The summed E-state index contributed by atoms with van der Waals surface area (Å²) in [7, 11) is 0. The zero-order valence-corrected chi connectivity index (χ0v) is 13.1. The molecule has 0 amide bonds. The lowest BCUT2D eigenvalue weighted by Crippen LogP contribution is -2.30. The minimum absolute atomic E-state index is 0. The summed E-state index contributed by atoms with van der Waals surface area (Å²) in [6, 6.07) is 5.42. The van der Waals surface area contributed by atoms with Gasteiger partial charge in [0.05, 0.1) is 12.1 Å². The Morgan fingerprint density at radius 1 is 1.25 bits per heavy atom. The Morgan fingerprint density at radius 2 is 1.81 bits per heavy atom. The lowest BCUT2D eigenvalue weighted by atomic mass is 9.94. The van der Waals surface area contributed by atoms with Crippen LogP contribution < -0.4 is 5.73 Å². The van der Waals surface area contributed by atoms with Crippen LogP contribution in [0.15, 0.2) is 27.1 Å². The summed E-state index contributed by atoms with van der Waals surface area (Å²) in [5.41, 5.74) is 6.93. The van der Waals surface area contributed by atoms with Gasteiger partial charge in [-0.1, -0.05) is 45.7 Å². The Hall–Kier alpha value is 0.390. The largest absolute Gasteiger partial charge is 0.391 e. The number of rotatable bonds is 3. The first-order chi connectivity index (χ1) is 6.93. The normalized spacial score (nSPS) is 14.4. The van der Waals surface area contributed by atoms with Gasteiger partial charge < -0.3 is 10.8 Å². The third-order valence-corrected chi connectivity index (χ3v) is 3.58. The van der Waals surface area contributed by atoms with E-state index >= 15 is 0 Å². The summed E-state index contributed by atoms with van der Waals surface area (Å²) in [5.74, 6) is 0.144. The molecule has 1 aromatic rings. The molecule has 0 aromatic heterocycles. The predicted molar refractivity (Wildman–Crippen MR) is 76.9 cm³/mol. The molecule has 0 spiro atoms. The molecule has 1 aromatic carbocycles. The Labute approximate surface area is 119 Å². The summed E-state index contributed by atoms with van der Waals surface area (Å²) in [6.07, 6.45) is -0.532. The summed E-state index contributed by atoms with van der Waals surface area (Å²) in [5, 5.41) is 9.90. The van der Waals surface area contributed by atoms with E-state index in [2.05, 4.69) is 31.9 Å². The van der Waals surface area contributed by atoms with Crippen molar-refractivity contribution in [3.63, 3.8) is 0 Å². The standard InChI is InChI=1S/C11H15Br2NO.ClH/c1-6(2)11(15)10(14)8-5-7(12)3-4-9(8)13;/h3-6,10-11,15H,14H2,1-2H3;1H/t10-,11+;/m0./s1. The molecule has 1 rings (SSSR count). The van der Waals surface area contributed by atoms with Crippen LogP contribution in [0.4, 0.5) is 0 Å². The van der Waals surface area contributed by atoms with Gasteiger partial charge in [0.25, 0.3) is 0 Å². The van der Waals surface area contributed by atoms with Crippen molar-refractivity contribution in [2.24, 2.45) is 11.7 Å². The SMILES string of the molecule is CC(C)[C@@H](O)[C@@H](N)c1cc(Br)ccc1Br.Cl. The molecule has 5 heteroatoms. The monoisotopic (exact) mass is 371 g/mol. The molecule has 16 heavy (non-hydrogen) atoms. The molecule has 92 valence electrons. The van der Waals surface area contributed by atoms with Crippen molar-refractivity contribution in [3.05, 3.63) is 32.7 Å². The molecule has 0 saturated carbocycles. The van der Waals surface area contributed by atoms with E-state index in [-0.39, 0.29) is 24.4 Å². The van der Waals surface area contributed by atoms with Gasteiger partial charge in [-0.25, -0.2) is 0 Å². The molecule has 0 heterocycles. The van der Waals surface area contributed by atoms with Crippen LogP contribution in [0.25, 0.3) is 0 Å². The maximum atomic E-state index is 9.90. The third kappa shape index (κ3) is 4.00. The molecule has 0 saturated heterocycles. The second-order valence-electron chi connectivity index (χ2n) is 3.93. The van der Waals surface area contributed by atoms with E-state index in [0.717, 1.165) is 14.5 Å². The van der Waals surface area contributed by atoms with Crippen molar-refractivity contribution in [1.29, 1.82) is 0 Å². The van der Waals surface area contributed by atoms with Crippen molar-refractivity contribution in [1.82, 2.24) is 0 Å². The van der Waals surface area contributed by atoms with Gasteiger partial charge >= 0.3 is 0 Å². The highest BCUT2D eigenvalue weighted by molar-refractivity contribution is 9.11. The minimum Gasteiger partial charge on any atom is -0.391 e. The van der Waals surface area contributed by atoms with Gasteiger partial charge in [-0.3, -0.25) is 0 Å². The summed E-state index contributed by atoms with van der Waals surface area (Å²) in [6.45, 7) is 3.91. The maximum absolute atomic E-state index is 9.90. The Kier molecular flexibility index (Phi) is 7.14. The van der Waals surface area contributed by atoms with Crippen LogP contribution in [-0.2, 0) is 0 Å². The highest BCUT2D eigenvalue weighted by Crippen LogP contribution is 2.29. The molecule has 2 nitrogen and oxygen atoms in total. The predicted octanol–water partition coefficient (Wildman–Crippen LogP) is 3.65. The zero-order chi connectivity index (χ0) is 11.6. The van der Waals surface area contributed by atoms with Gasteiger partial charge in [0.15, 0.2) is 0 Å². The fourth-order valence-electron chi connectivity index (χ4n) is 1.37. The first kappa shape index (κ1) is 16.4. The molecule has 0 radical (unpaired) electrons. The van der Waals surface area contributed by atoms with E-state index in [1.807, 2.05) is 32.0 Å². The third-order valence-electron chi connectivity index (χ3n) is 2.37. The number of hydrogen-bond donors (Lipinski definition) is 2. The van der Waals surface area contributed by atoms with Crippen LogP contribution in [0.5, 0.6) is 0 Å². The Bertz CT molecular complexity index is 347. The molecule has 0 unspecified atom stereocenters. The van der Waals surface area contributed by atoms with Gasteiger partial charge in [0, 0.05) is 8.95 Å². The Balaban J connectivity index is 0.00000225. The maximum Gasteiger partial charge on any atom is 0.0756 e. The zero-order valence-electron chi connectivity index (χ0n) is 9.15. The fourth-order valence-corrected chi connectivity index (χ4v) is 2.26. The highest BCUT2D eigenvalue weighted by atomic mass is 79.9. The van der Waals surface area contributed by atoms with Crippen LogP contribution >= 0.6 is 44.3 Å². The molecular formula is C11H16Br2ClNO. The first-order valence-electron chi connectivity index (χ1n) is 4.82. The van der Waals surface area contributed by atoms with Crippen molar-refractivity contribution < 1.29 is 5.11 Å². The molecule has 0 bridgehead atoms. The van der Waals surface area contributed by atoms with Crippen molar-refractivity contribution in [2.45, 2.75) is 26.0 Å². The molecule has 0 aliphatic rings. The van der Waals surface area contributed by atoms with Gasteiger partial charge in [-0.15, -0.1) is 12.4 Å². The summed E-state index contributed by atoms with van der Waals surface area (Å²) >= 11 is 6.83. The summed E-state index contributed by atoms with van der Waals surface area (Å²) in [4.78, 5) is 0. The highest BCUT2D eigenvalue weighted by Gasteiger charge is 2.21. The van der Waals surface area contributed by atoms with Gasteiger partial charge in [-0.2, -0.15) is 0 Å². The van der Waals surface area contributed by atoms with Gasteiger partial charge in [-0.05, 0) is 29.7 Å². The molecule has 0 aliphatic heterocycles. The second kappa shape index (κ2) is 6.97. The average molecular weight is 374 g/mol. The lowest BCUT2D eigenvalue weighted by Gasteiger charge is -2.23. The molecule has 3 N–H and O–H groups in total. The number of nitrogens with two attached hydrogens (primary N) is 1. The van der Waals surface area contributed by atoms with Crippen LogP contribution in [0, 0.1) is 5.92 Å². The molecular weight excluding hydrogens is 357 g/mol. The van der Waals surface area contributed by atoms with E-state index in [1.54, 1.807) is 0 Å². The van der Waals surface area contributed by atoms with Crippen LogP contribution in [0.3, 0.4) is 0 Å². The molecule has 0 fully saturated rings. The van der Waals surface area contributed by atoms with Gasteiger partial charge in [0.2, 0.25) is 0 Å². The molecule has 0 aliphatic carbocycles. The summed E-state index contributed by atoms with van der Waals surface area (Å²) < 4.78 is 1.89. The Morgan fingerprint density at radius 3 is 2.31 bits per heavy atom. The average Bonchev–Trinajstić information content (AvgIpc) is 2.19. The van der Waals surface area contributed by atoms with E-state index in [0.29, 0.717) is 0 Å². The number of halogens is 3. The smallest absolute Gasteiger partial charge is 0.0756 e. The first-order valence-corrected chi connectivity index (χ1v) is 6.40. The number of benzene rings is 1. The van der Waals surface area contributed by atoms with Crippen LogP contribution in [-0.4, -0.2) is 11.2 Å². The van der Waals surface area contributed by atoms with Crippen molar-refractivity contribution >= 4 is 44.3 Å². The number of aliphatic hydroxyl groups excluding tert-OH is 1. The van der Waals surface area contributed by atoms with E-state index in [9.17, 15) is 5.11 Å². The lowest BCUT2D eigenvalue weighted by molar-refractivity contribution is 0.0977. The topological polar surface area (TPSA) is 46.2 Å². The van der Waals surface area contributed by atoms with Crippen molar-refractivity contribution in [3.8, 4) is 0 Å². The minimum atomic E-state index is -0.532. The fraction of sp³-hybridized carbons (Fsp3) is 0.455. The quantitative estimate of drug-likeness (QED) is 0.850. The van der Waals surface area contributed by atoms with Crippen molar-refractivity contribution in [2.75, 3.05) is 0 Å². The van der Waals surface area contributed by atoms with E-state index in [1.165, 1.54) is 0 Å². The number of hydrogen-bond acceptors (Lipinski definition) is 2. The van der Waals surface area contributed by atoms with Crippen LogP contribution in [0.1, 0.15) is 25.5 Å². The van der Waals surface area contributed by atoms with E-state index in [4.69, 9.17) is 5.73 Å². The van der Waals surface area contributed by atoms with Crippen LogP contribution in [0.2, 0.25) is 0 Å². The van der Waals surface area contributed by atoms with Gasteiger partial charge in [0.1, 0.15) is 0 Å². The van der Waals surface area contributed by atoms with E-state index < -0.39 is 6.10 Å². The number of aliphatic hydroxyl groups is 1.